The number of carbonyl (C=O) groups excluding carboxylic acids is 1. The Labute approximate surface area is 145 Å². The van der Waals surface area contributed by atoms with Gasteiger partial charge in [-0.1, -0.05) is 18.2 Å². The SMILES string of the molecule is C[C@H]1C[C@@H](C(=O)N2CCC(Oc3ccccc3)CC2)CCN1.Cl. The number of carbonyl (C=O) groups is 1. The number of hydrogen-bond acceptors (Lipinski definition) is 3. The van der Waals surface area contributed by atoms with Crippen LogP contribution in [0.25, 0.3) is 0 Å². The lowest BCUT2D eigenvalue weighted by Gasteiger charge is -2.36. The number of halogens is 1. The first-order valence-electron chi connectivity index (χ1n) is 8.46. The molecule has 2 saturated heterocycles. The van der Waals surface area contributed by atoms with E-state index in [1.54, 1.807) is 0 Å². The lowest BCUT2D eigenvalue weighted by Crippen LogP contribution is -2.47. The minimum absolute atomic E-state index is 0. The summed E-state index contributed by atoms with van der Waals surface area (Å²) in [6.45, 7) is 4.79. The predicted octanol–water partition coefficient (Wildman–Crippen LogP) is 2.87. The Balaban J connectivity index is 0.00000192. The van der Waals surface area contributed by atoms with Crippen LogP contribution in [-0.4, -0.2) is 42.6 Å². The van der Waals surface area contributed by atoms with Crippen molar-refractivity contribution in [2.24, 2.45) is 5.92 Å². The summed E-state index contributed by atoms with van der Waals surface area (Å²) in [5, 5.41) is 3.41. The third-order valence-corrected chi connectivity index (χ3v) is 4.77. The van der Waals surface area contributed by atoms with Gasteiger partial charge in [0.05, 0.1) is 0 Å². The van der Waals surface area contributed by atoms with Crippen molar-refractivity contribution in [1.82, 2.24) is 10.2 Å². The van der Waals surface area contributed by atoms with Crippen LogP contribution in [0.15, 0.2) is 30.3 Å². The number of benzene rings is 1. The van der Waals surface area contributed by atoms with Gasteiger partial charge >= 0.3 is 0 Å². The van der Waals surface area contributed by atoms with Gasteiger partial charge in [0.25, 0.3) is 0 Å². The molecule has 0 unspecified atom stereocenters. The molecule has 0 aromatic heterocycles. The van der Waals surface area contributed by atoms with Gasteiger partial charge in [0.2, 0.25) is 5.91 Å². The topological polar surface area (TPSA) is 41.6 Å². The maximum Gasteiger partial charge on any atom is 0.225 e. The molecule has 1 amide bonds. The minimum atomic E-state index is 0. The van der Waals surface area contributed by atoms with Crippen molar-refractivity contribution in [3.8, 4) is 5.75 Å². The molecule has 2 heterocycles. The summed E-state index contributed by atoms with van der Waals surface area (Å²) in [5.41, 5.74) is 0. The second-order valence-electron chi connectivity index (χ2n) is 6.53. The molecule has 4 nitrogen and oxygen atoms in total. The number of amides is 1. The van der Waals surface area contributed by atoms with Crippen molar-refractivity contribution in [2.75, 3.05) is 19.6 Å². The fraction of sp³-hybridized carbons (Fsp3) is 0.611. The van der Waals surface area contributed by atoms with Gasteiger partial charge in [0, 0.05) is 37.9 Å². The van der Waals surface area contributed by atoms with Gasteiger partial charge in [-0.05, 0) is 38.4 Å². The van der Waals surface area contributed by atoms with E-state index in [1.165, 1.54) is 0 Å². The van der Waals surface area contributed by atoms with Crippen LogP contribution < -0.4 is 10.1 Å². The molecule has 23 heavy (non-hydrogen) atoms. The summed E-state index contributed by atoms with van der Waals surface area (Å²) < 4.78 is 6.00. The highest BCUT2D eigenvalue weighted by atomic mass is 35.5. The Bertz CT molecular complexity index is 489. The van der Waals surface area contributed by atoms with Gasteiger partial charge in [-0.3, -0.25) is 4.79 Å². The Hall–Kier alpha value is -1.26. The van der Waals surface area contributed by atoms with Crippen LogP contribution in [0.1, 0.15) is 32.6 Å². The molecule has 0 aliphatic carbocycles. The van der Waals surface area contributed by atoms with Crippen molar-refractivity contribution < 1.29 is 9.53 Å². The molecule has 2 aliphatic heterocycles. The zero-order valence-electron chi connectivity index (χ0n) is 13.7. The van der Waals surface area contributed by atoms with Gasteiger partial charge < -0.3 is 15.0 Å². The van der Waals surface area contributed by atoms with E-state index in [4.69, 9.17) is 4.74 Å². The van der Waals surface area contributed by atoms with E-state index in [1.807, 2.05) is 35.2 Å². The zero-order chi connectivity index (χ0) is 15.4. The summed E-state index contributed by atoms with van der Waals surface area (Å²) in [6.07, 6.45) is 4.05. The quantitative estimate of drug-likeness (QED) is 0.921. The second-order valence-corrected chi connectivity index (χ2v) is 6.53. The molecule has 1 aromatic rings. The van der Waals surface area contributed by atoms with Gasteiger partial charge in [-0.2, -0.15) is 0 Å². The summed E-state index contributed by atoms with van der Waals surface area (Å²) in [7, 11) is 0. The molecule has 128 valence electrons. The van der Waals surface area contributed by atoms with Crippen molar-refractivity contribution in [3.05, 3.63) is 30.3 Å². The minimum Gasteiger partial charge on any atom is -0.490 e. The van der Waals surface area contributed by atoms with Crippen LogP contribution in [0.2, 0.25) is 0 Å². The number of rotatable bonds is 3. The first-order valence-corrected chi connectivity index (χ1v) is 8.46. The first kappa shape index (κ1) is 18.1. The first-order chi connectivity index (χ1) is 10.7. The number of hydrogen-bond donors (Lipinski definition) is 1. The zero-order valence-corrected chi connectivity index (χ0v) is 14.6. The Kier molecular flexibility index (Phi) is 6.72. The third-order valence-electron chi connectivity index (χ3n) is 4.77. The molecule has 2 aliphatic rings. The van der Waals surface area contributed by atoms with E-state index in [0.717, 1.165) is 51.1 Å². The van der Waals surface area contributed by atoms with E-state index in [0.29, 0.717) is 11.9 Å². The molecular weight excluding hydrogens is 312 g/mol. The van der Waals surface area contributed by atoms with Gasteiger partial charge in [0.15, 0.2) is 0 Å². The molecule has 0 radical (unpaired) electrons. The van der Waals surface area contributed by atoms with E-state index < -0.39 is 0 Å². The fourth-order valence-electron chi connectivity index (χ4n) is 3.50. The van der Waals surface area contributed by atoms with Crippen LogP contribution in [0.5, 0.6) is 5.75 Å². The standard InChI is InChI=1S/C18H26N2O2.ClH/c1-14-13-15(7-10-19-14)18(21)20-11-8-17(9-12-20)22-16-5-3-2-4-6-16;/h2-6,14-15,17,19H,7-13H2,1H3;1H/t14-,15-;/m0./s1. The average molecular weight is 339 g/mol. The maximum atomic E-state index is 12.6. The molecule has 2 atom stereocenters. The average Bonchev–Trinajstić information content (AvgIpc) is 2.56. The number of nitrogens with zero attached hydrogens (tertiary/aromatic N) is 1. The van der Waals surface area contributed by atoms with Crippen molar-refractivity contribution in [2.45, 2.75) is 44.8 Å². The molecule has 1 N–H and O–H groups in total. The van der Waals surface area contributed by atoms with Crippen LogP contribution >= 0.6 is 12.4 Å². The van der Waals surface area contributed by atoms with Gasteiger partial charge in [-0.15, -0.1) is 12.4 Å². The summed E-state index contributed by atoms with van der Waals surface area (Å²) in [4.78, 5) is 14.7. The summed E-state index contributed by atoms with van der Waals surface area (Å²) >= 11 is 0. The van der Waals surface area contributed by atoms with E-state index in [2.05, 4.69) is 12.2 Å². The number of likely N-dealkylation sites (tertiary alicyclic amines) is 1. The van der Waals surface area contributed by atoms with Gasteiger partial charge in [0.1, 0.15) is 11.9 Å². The Morgan fingerprint density at radius 2 is 1.87 bits per heavy atom. The lowest BCUT2D eigenvalue weighted by atomic mass is 9.91. The number of para-hydroxylation sites is 1. The van der Waals surface area contributed by atoms with Crippen LogP contribution in [0.3, 0.4) is 0 Å². The van der Waals surface area contributed by atoms with Crippen LogP contribution in [0.4, 0.5) is 0 Å². The largest absolute Gasteiger partial charge is 0.490 e. The monoisotopic (exact) mass is 338 g/mol. The Morgan fingerprint density at radius 3 is 2.52 bits per heavy atom. The maximum absolute atomic E-state index is 12.6. The molecule has 0 saturated carbocycles. The summed E-state index contributed by atoms with van der Waals surface area (Å²) in [6, 6.07) is 10.4. The van der Waals surface area contributed by atoms with Crippen LogP contribution in [0, 0.1) is 5.92 Å². The van der Waals surface area contributed by atoms with Crippen molar-refractivity contribution >= 4 is 18.3 Å². The number of ether oxygens (including phenoxy) is 1. The summed E-state index contributed by atoms with van der Waals surface area (Å²) in [5.74, 6) is 1.49. The molecule has 0 spiro atoms. The molecular formula is C18H27ClN2O2. The van der Waals surface area contributed by atoms with Crippen LogP contribution in [-0.2, 0) is 4.79 Å². The predicted molar refractivity (Wildman–Crippen MR) is 94.1 cm³/mol. The molecule has 3 rings (SSSR count). The highest BCUT2D eigenvalue weighted by molar-refractivity contribution is 5.85. The van der Waals surface area contributed by atoms with E-state index in [9.17, 15) is 4.79 Å². The highest BCUT2D eigenvalue weighted by Crippen LogP contribution is 2.23. The normalized spacial score (nSPS) is 25.5. The van der Waals surface area contributed by atoms with Gasteiger partial charge in [-0.25, -0.2) is 0 Å². The number of piperidine rings is 2. The molecule has 1 aromatic carbocycles. The molecule has 0 bridgehead atoms. The third kappa shape index (κ3) is 4.85. The molecule has 2 fully saturated rings. The lowest BCUT2D eigenvalue weighted by molar-refractivity contribution is -0.138. The second kappa shape index (κ2) is 8.55. The smallest absolute Gasteiger partial charge is 0.225 e. The van der Waals surface area contributed by atoms with Crippen molar-refractivity contribution in [3.63, 3.8) is 0 Å². The number of nitrogens with one attached hydrogen (secondary N) is 1. The highest BCUT2D eigenvalue weighted by Gasteiger charge is 2.31. The fourth-order valence-corrected chi connectivity index (χ4v) is 3.50. The Morgan fingerprint density at radius 1 is 1.17 bits per heavy atom. The van der Waals surface area contributed by atoms with E-state index >= 15 is 0 Å². The van der Waals surface area contributed by atoms with Crippen molar-refractivity contribution in [1.29, 1.82) is 0 Å². The molecule has 5 heteroatoms. The van der Waals surface area contributed by atoms with E-state index in [-0.39, 0.29) is 24.4 Å².